The normalized spacial score (nSPS) is 14.4. The molecule has 1 N–H and O–H groups in total. The third-order valence-electron chi connectivity index (χ3n) is 6.37. The molecule has 0 spiro atoms. The maximum Gasteiger partial charge on any atom is 0.259 e. The average Bonchev–Trinajstić information content (AvgIpc) is 3.25. The van der Waals surface area contributed by atoms with Gasteiger partial charge < -0.3 is 4.57 Å². The van der Waals surface area contributed by atoms with Crippen molar-refractivity contribution in [1.29, 1.82) is 5.26 Å². The maximum atomic E-state index is 12.9. The number of para-hydroxylation sites is 1. The summed E-state index contributed by atoms with van der Waals surface area (Å²) in [5.74, 6) is -0.633. The number of imide groups is 1. The van der Waals surface area contributed by atoms with Crippen LogP contribution in [-0.4, -0.2) is 16.4 Å². The predicted octanol–water partition coefficient (Wildman–Crippen LogP) is 4.36. The van der Waals surface area contributed by atoms with Crippen LogP contribution >= 0.6 is 0 Å². The SMILES string of the molecule is N#CCCn1c2ccccc2c2c3c(c4c(c21)-c1ccccc1CC4)C(=O)NC3=O. The zero-order chi connectivity index (χ0) is 20.4. The van der Waals surface area contributed by atoms with Crippen molar-refractivity contribution in [2.45, 2.75) is 25.8 Å². The Morgan fingerprint density at radius 2 is 1.70 bits per heavy atom. The van der Waals surface area contributed by atoms with E-state index in [1.165, 1.54) is 5.56 Å². The fourth-order valence-corrected chi connectivity index (χ4v) is 5.24. The quantitative estimate of drug-likeness (QED) is 0.516. The highest BCUT2D eigenvalue weighted by atomic mass is 16.2. The summed E-state index contributed by atoms with van der Waals surface area (Å²) in [4.78, 5) is 25.7. The Hall–Kier alpha value is -3.91. The number of hydrogen-bond donors (Lipinski definition) is 1. The molecule has 0 atom stereocenters. The van der Waals surface area contributed by atoms with Crippen LogP contribution in [0.15, 0.2) is 48.5 Å². The van der Waals surface area contributed by atoms with Crippen LogP contribution in [0.5, 0.6) is 0 Å². The van der Waals surface area contributed by atoms with E-state index in [4.69, 9.17) is 0 Å². The van der Waals surface area contributed by atoms with E-state index in [1.54, 1.807) is 0 Å². The van der Waals surface area contributed by atoms with Gasteiger partial charge in [-0.15, -0.1) is 0 Å². The molecule has 2 amide bonds. The molecule has 5 heteroatoms. The van der Waals surface area contributed by atoms with Crippen molar-refractivity contribution in [3.8, 4) is 17.2 Å². The van der Waals surface area contributed by atoms with E-state index in [0.717, 1.165) is 44.9 Å². The number of aryl methyl sites for hydroxylation is 2. The van der Waals surface area contributed by atoms with Gasteiger partial charge >= 0.3 is 0 Å². The van der Waals surface area contributed by atoms with Gasteiger partial charge in [-0.2, -0.15) is 5.26 Å². The molecule has 6 rings (SSSR count). The van der Waals surface area contributed by atoms with Crippen LogP contribution in [0.3, 0.4) is 0 Å². The summed E-state index contributed by atoms with van der Waals surface area (Å²) in [5.41, 5.74) is 7.28. The van der Waals surface area contributed by atoms with Crippen molar-refractivity contribution in [2.75, 3.05) is 0 Å². The van der Waals surface area contributed by atoms with Gasteiger partial charge in [0.2, 0.25) is 0 Å². The van der Waals surface area contributed by atoms with Gasteiger partial charge in [-0.3, -0.25) is 14.9 Å². The van der Waals surface area contributed by atoms with Crippen LogP contribution in [-0.2, 0) is 19.4 Å². The van der Waals surface area contributed by atoms with E-state index in [9.17, 15) is 14.9 Å². The molecule has 2 aliphatic rings. The molecular weight excluding hydrogens is 374 g/mol. The van der Waals surface area contributed by atoms with Gasteiger partial charge in [-0.25, -0.2) is 0 Å². The minimum atomic E-state index is -0.329. The Labute approximate surface area is 172 Å². The first kappa shape index (κ1) is 17.0. The van der Waals surface area contributed by atoms with Crippen LogP contribution in [0.2, 0.25) is 0 Å². The molecule has 3 aromatic carbocycles. The molecule has 1 aromatic heterocycles. The van der Waals surface area contributed by atoms with Crippen LogP contribution in [0.25, 0.3) is 32.9 Å². The van der Waals surface area contributed by atoms with E-state index < -0.39 is 0 Å². The van der Waals surface area contributed by atoms with E-state index in [1.807, 2.05) is 36.4 Å². The molecule has 0 bridgehead atoms. The third kappa shape index (κ3) is 2.05. The molecular formula is C25H17N3O2. The lowest BCUT2D eigenvalue weighted by Crippen LogP contribution is -2.20. The fourth-order valence-electron chi connectivity index (χ4n) is 5.24. The number of nitrogens with zero attached hydrogens (tertiary/aromatic N) is 2. The van der Waals surface area contributed by atoms with E-state index in [2.05, 4.69) is 28.1 Å². The smallest absolute Gasteiger partial charge is 0.259 e. The first-order chi connectivity index (χ1) is 14.7. The second kappa shape index (κ2) is 6.04. The van der Waals surface area contributed by atoms with Crippen LogP contribution in [0, 0.1) is 11.3 Å². The monoisotopic (exact) mass is 391 g/mol. The molecule has 5 nitrogen and oxygen atoms in total. The summed E-state index contributed by atoms with van der Waals surface area (Å²) in [6.07, 6.45) is 1.92. The highest BCUT2D eigenvalue weighted by molar-refractivity contribution is 6.33. The van der Waals surface area contributed by atoms with Gasteiger partial charge in [0.25, 0.3) is 11.8 Å². The zero-order valence-electron chi connectivity index (χ0n) is 16.2. The summed E-state index contributed by atoms with van der Waals surface area (Å²) in [6, 6.07) is 18.5. The minimum absolute atomic E-state index is 0.304. The molecule has 144 valence electrons. The van der Waals surface area contributed by atoms with E-state index in [0.29, 0.717) is 30.5 Å². The first-order valence-electron chi connectivity index (χ1n) is 10.1. The lowest BCUT2D eigenvalue weighted by Gasteiger charge is -2.24. The van der Waals surface area contributed by atoms with Crippen LogP contribution < -0.4 is 5.32 Å². The number of hydrogen-bond acceptors (Lipinski definition) is 3. The number of nitrogens with one attached hydrogen (secondary N) is 1. The topological polar surface area (TPSA) is 74.9 Å². The Balaban J connectivity index is 1.90. The summed E-state index contributed by atoms with van der Waals surface area (Å²) < 4.78 is 2.16. The van der Waals surface area contributed by atoms with E-state index >= 15 is 0 Å². The molecule has 1 aliphatic heterocycles. The number of nitriles is 1. The highest BCUT2D eigenvalue weighted by Crippen LogP contribution is 2.47. The van der Waals surface area contributed by atoms with Gasteiger partial charge in [-0.1, -0.05) is 42.5 Å². The Morgan fingerprint density at radius 1 is 0.933 bits per heavy atom. The van der Waals surface area contributed by atoms with Crippen molar-refractivity contribution in [2.24, 2.45) is 0 Å². The molecule has 0 saturated carbocycles. The molecule has 0 fully saturated rings. The molecule has 30 heavy (non-hydrogen) atoms. The van der Waals surface area contributed by atoms with Gasteiger partial charge in [0.05, 0.1) is 29.1 Å². The van der Waals surface area contributed by atoms with Gasteiger partial charge in [0.1, 0.15) is 0 Å². The molecule has 0 saturated heterocycles. The molecule has 4 aromatic rings. The maximum absolute atomic E-state index is 12.9. The van der Waals surface area contributed by atoms with Gasteiger partial charge in [0, 0.05) is 28.4 Å². The van der Waals surface area contributed by atoms with Crippen LogP contribution in [0.4, 0.5) is 0 Å². The summed E-state index contributed by atoms with van der Waals surface area (Å²) in [6.45, 7) is 0.531. The minimum Gasteiger partial charge on any atom is -0.339 e. The number of amides is 2. The number of fused-ring (bicyclic) bond motifs is 10. The largest absolute Gasteiger partial charge is 0.339 e. The third-order valence-corrected chi connectivity index (χ3v) is 6.37. The molecule has 0 radical (unpaired) electrons. The van der Waals surface area contributed by atoms with Gasteiger partial charge in [-0.05, 0) is 35.6 Å². The predicted molar refractivity (Wildman–Crippen MR) is 114 cm³/mol. The first-order valence-corrected chi connectivity index (χ1v) is 10.1. The van der Waals surface area contributed by atoms with Crippen molar-refractivity contribution in [3.05, 3.63) is 70.8 Å². The number of carbonyl (C=O) groups is 2. The lowest BCUT2D eigenvalue weighted by molar-refractivity contribution is 0.0880. The average molecular weight is 391 g/mol. The van der Waals surface area contributed by atoms with E-state index in [-0.39, 0.29) is 11.8 Å². The fraction of sp³-hybridized carbons (Fsp3) is 0.160. The van der Waals surface area contributed by atoms with Crippen molar-refractivity contribution in [1.82, 2.24) is 9.88 Å². The Morgan fingerprint density at radius 3 is 2.57 bits per heavy atom. The number of rotatable bonds is 2. The number of aromatic nitrogens is 1. The summed E-state index contributed by atoms with van der Waals surface area (Å²) in [5, 5.41) is 13.6. The van der Waals surface area contributed by atoms with Gasteiger partial charge in [0.15, 0.2) is 0 Å². The zero-order valence-corrected chi connectivity index (χ0v) is 16.2. The highest BCUT2D eigenvalue weighted by Gasteiger charge is 2.37. The molecule has 0 unspecified atom stereocenters. The van der Waals surface area contributed by atoms with Crippen molar-refractivity contribution < 1.29 is 9.59 Å². The standard InChI is InChI=1S/C25H17N3O2/c26-12-5-13-28-18-9-4-3-8-16(18)20-22-21(24(29)27-25(22)30)17-11-10-14-6-1-2-7-15(14)19(17)23(20)28/h1-4,6-9H,5,10-11,13H2,(H,27,29,30). The summed E-state index contributed by atoms with van der Waals surface area (Å²) >= 11 is 0. The van der Waals surface area contributed by atoms with Crippen molar-refractivity contribution >= 4 is 33.6 Å². The number of carbonyl (C=O) groups excluding carboxylic acids is 2. The lowest BCUT2D eigenvalue weighted by atomic mass is 9.80. The molecule has 2 heterocycles. The number of benzene rings is 3. The Bertz CT molecular complexity index is 1470. The van der Waals surface area contributed by atoms with Crippen LogP contribution in [0.1, 0.15) is 38.3 Å². The Kier molecular flexibility index (Phi) is 3.42. The van der Waals surface area contributed by atoms with Crippen molar-refractivity contribution in [3.63, 3.8) is 0 Å². The second-order valence-corrected chi connectivity index (χ2v) is 7.84. The molecule has 1 aliphatic carbocycles. The second-order valence-electron chi connectivity index (χ2n) is 7.84. The summed E-state index contributed by atoms with van der Waals surface area (Å²) in [7, 11) is 0.